The standard InChI is InChI=1S/C14H17N3O3/c1-9-5-6-12(19-9)14(18)17-7-3-4-11(8-17)13-15-10(2)20-16-13/h5-6,11H,3-4,7-8H2,1-2H3. The van der Waals surface area contributed by atoms with Crippen LogP contribution in [0.2, 0.25) is 0 Å². The molecule has 1 atom stereocenters. The van der Waals surface area contributed by atoms with Crippen LogP contribution in [0.1, 0.15) is 46.8 Å². The van der Waals surface area contributed by atoms with Crippen LogP contribution in [0, 0.1) is 13.8 Å². The molecule has 1 amide bonds. The van der Waals surface area contributed by atoms with Gasteiger partial charge in [0.2, 0.25) is 5.89 Å². The van der Waals surface area contributed by atoms with Gasteiger partial charge in [-0.05, 0) is 31.9 Å². The lowest BCUT2D eigenvalue weighted by atomic mass is 9.97. The Morgan fingerprint density at radius 3 is 2.90 bits per heavy atom. The highest BCUT2D eigenvalue weighted by Gasteiger charge is 2.29. The van der Waals surface area contributed by atoms with Crippen molar-refractivity contribution in [3.63, 3.8) is 0 Å². The number of hydrogen-bond acceptors (Lipinski definition) is 5. The van der Waals surface area contributed by atoms with E-state index in [1.165, 1.54) is 0 Å². The molecule has 0 aliphatic carbocycles. The molecule has 106 valence electrons. The van der Waals surface area contributed by atoms with E-state index in [1.54, 1.807) is 24.0 Å². The van der Waals surface area contributed by atoms with Gasteiger partial charge in [0.25, 0.3) is 5.91 Å². The molecule has 1 fully saturated rings. The molecule has 0 saturated carbocycles. The number of hydrogen-bond donors (Lipinski definition) is 0. The van der Waals surface area contributed by atoms with E-state index in [0.29, 0.717) is 24.0 Å². The van der Waals surface area contributed by atoms with Crippen molar-refractivity contribution >= 4 is 5.91 Å². The summed E-state index contributed by atoms with van der Waals surface area (Å²) in [4.78, 5) is 18.4. The monoisotopic (exact) mass is 275 g/mol. The van der Waals surface area contributed by atoms with E-state index in [1.807, 2.05) is 6.92 Å². The SMILES string of the molecule is Cc1ccc(C(=O)N2CCCC(c3noc(C)n3)C2)o1. The van der Waals surface area contributed by atoms with E-state index in [4.69, 9.17) is 8.94 Å². The molecule has 3 rings (SSSR count). The smallest absolute Gasteiger partial charge is 0.289 e. The molecule has 0 spiro atoms. The van der Waals surface area contributed by atoms with Gasteiger partial charge >= 0.3 is 0 Å². The molecule has 0 bridgehead atoms. The Kier molecular flexibility index (Phi) is 3.30. The first kappa shape index (κ1) is 12.9. The van der Waals surface area contributed by atoms with Crippen LogP contribution < -0.4 is 0 Å². The first-order valence-corrected chi connectivity index (χ1v) is 6.79. The van der Waals surface area contributed by atoms with Crippen LogP contribution in [-0.4, -0.2) is 34.0 Å². The van der Waals surface area contributed by atoms with E-state index in [9.17, 15) is 4.79 Å². The van der Waals surface area contributed by atoms with Crippen molar-refractivity contribution in [1.82, 2.24) is 15.0 Å². The normalized spacial score (nSPS) is 19.3. The number of carbonyl (C=O) groups excluding carboxylic acids is 1. The number of aryl methyl sites for hydroxylation is 2. The number of amides is 1. The van der Waals surface area contributed by atoms with Crippen LogP contribution in [0.5, 0.6) is 0 Å². The van der Waals surface area contributed by atoms with Crippen molar-refractivity contribution in [2.45, 2.75) is 32.6 Å². The first-order valence-electron chi connectivity index (χ1n) is 6.79. The van der Waals surface area contributed by atoms with E-state index in [2.05, 4.69) is 10.1 Å². The van der Waals surface area contributed by atoms with Gasteiger partial charge in [0.15, 0.2) is 11.6 Å². The van der Waals surface area contributed by atoms with Gasteiger partial charge in [0.05, 0.1) is 0 Å². The topological polar surface area (TPSA) is 72.4 Å². The molecule has 1 aliphatic heterocycles. The number of carbonyl (C=O) groups is 1. The molecule has 0 radical (unpaired) electrons. The summed E-state index contributed by atoms with van der Waals surface area (Å²) in [6.07, 6.45) is 1.91. The summed E-state index contributed by atoms with van der Waals surface area (Å²) in [5.41, 5.74) is 0. The Bertz CT molecular complexity index is 617. The van der Waals surface area contributed by atoms with Crippen LogP contribution in [0.25, 0.3) is 0 Å². The number of aromatic nitrogens is 2. The minimum atomic E-state index is -0.0667. The predicted molar refractivity (Wildman–Crippen MR) is 70.4 cm³/mol. The zero-order valence-electron chi connectivity index (χ0n) is 11.6. The minimum Gasteiger partial charge on any atom is -0.456 e. The third kappa shape index (κ3) is 2.45. The average molecular weight is 275 g/mol. The third-order valence-electron chi connectivity index (χ3n) is 3.57. The van der Waals surface area contributed by atoms with E-state index in [-0.39, 0.29) is 11.8 Å². The van der Waals surface area contributed by atoms with Crippen molar-refractivity contribution < 1.29 is 13.7 Å². The molecule has 1 unspecified atom stereocenters. The lowest BCUT2D eigenvalue weighted by Gasteiger charge is -2.30. The molecule has 2 aromatic rings. The maximum atomic E-state index is 12.4. The maximum Gasteiger partial charge on any atom is 0.289 e. The van der Waals surface area contributed by atoms with E-state index >= 15 is 0 Å². The summed E-state index contributed by atoms with van der Waals surface area (Å²) in [7, 11) is 0. The highest BCUT2D eigenvalue weighted by atomic mass is 16.5. The molecule has 1 aliphatic rings. The summed E-state index contributed by atoms with van der Waals surface area (Å²) >= 11 is 0. The molecule has 6 nitrogen and oxygen atoms in total. The number of nitrogens with zero attached hydrogens (tertiary/aromatic N) is 3. The number of rotatable bonds is 2. The van der Waals surface area contributed by atoms with Gasteiger partial charge in [-0.3, -0.25) is 4.79 Å². The molecule has 0 aromatic carbocycles. The van der Waals surface area contributed by atoms with Gasteiger partial charge in [-0.15, -0.1) is 0 Å². The van der Waals surface area contributed by atoms with Gasteiger partial charge in [-0.1, -0.05) is 5.16 Å². The fourth-order valence-electron chi connectivity index (χ4n) is 2.56. The van der Waals surface area contributed by atoms with Crippen molar-refractivity contribution in [2.75, 3.05) is 13.1 Å². The van der Waals surface area contributed by atoms with Crippen LogP contribution in [0.4, 0.5) is 0 Å². The van der Waals surface area contributed by atoms with Gasteiger partial charge in [-0.25, -0.2) is 0 Å². The zero-order valence-corrected chi connectivity index (χ0v) is 11.6. The van der Waals surface area contributed by atoms with Crippen LogP contribution in [-0.2, 0) is 0 Å². The van der Waals surface area contributed by atoms with E-state index < -0.39 is 0 Å². The second-order valence-corrected chi connectivity index (χ2v) is 5.17. The lowest BCUT2D eigenvalue weighted by Crippen LogP contribution is -2.39. The summed E-state index contributed by atoms with van der Waals surface area (Å²) in [5.74, 6) is 2.47. The van der Waals surface area contributed by atoms with Crippen molar-refractivity contribution in [3.05, 3.63) is 35.4 Å². The Morgan fingerprint density at radius 2 is 2.25 bits per heavy atom. The van der Waals surface area contributed by atoms with Crippen molar-refractivity contribution in [2.24, 2.45) is 0 Å². The zero-order chi connectivity index (χ0) is 14.1. The van der Waals surface area contributed by atoms with Crippen LogP contribution >= 0.6 is 0 Å². The minimum absolute atomic E-state index is 0.0667. The number of furan rings is 1. The van der Waals surface area contributed by atoms with Crippen molar-refractivity contribution in [3.8, 4) is 0 Å². The maximum absolute atomic E-state index is 12.4. The van der Waals surface area contributed by atoms with Gasteiger partial charge in [0.1, 0.15) is 5.76 Å². The summed E-state index contributed by atoms with van der Waals surface area (Å²) in [6.45, 7) is 4.95. The molecule has 3 heterocycles. The Morgan fingerprint density at radius 1 is 1.40 bits per heavy atom. The number of likely N-dealkylation sites (tertiary alicyclic amines) is 1. The van der Waals surface area contributed by atoms with E-state index in [0.717, 1.165) is 25.1 Å². The molecule has 20 heavy (non-hydrogen) atoms. The Labute approximate surface area is 116 Å². The summed E-state index contributed by atoms with van der Waals surface area (Å²) in [6, 6.07) is 3.52. The molecule has 0 N–H and O–H groups in total. The first-order chi connectivity index (χ1) is 9.63. The lowest BCUT2D eigenvalue weighted by molar-refractivity contribution is 0.0670. The second kappa shape index (κ2) is 5.11. The molecule has 1 saturated heterocycles. The van der Waals surface area contributed by atoms with Crippen LogP contribution in [0.3, 0.4) is 0 Å². The molecule has 6 heteroatoms. The largest absolute Gasteiger partial charge is 0.456 e. The number of piperidine rings is 1. The van der Waals surface area contributed by atoms with Gasteiger partial charge in [0, 0.05) is 25.9 Å². The second-order valence-electron chi connectivity index (χ2n) is 5.17. The quantitative estimate of drug-likeness (QED) is 0.840. The highest BCUT2D eigenvalue weighted by Crippen LogP contribution is 2.26. The molecule has 2 aromatic heterocycles. The van der Waals surface area contributed by atoms with Gasteiger partial charge in [-0.2, -0.15) is 4.98 Å². The Balaban J connectivity index is 1.73. The van der Waals surface area contributed by atoms with Gasteiger partial charge < -0.3 is 13.8 Å². The third-order valence-corrected chi connectivity index (χ3v) is 3.57. The predicted octanol–water partition coefficient (Wildman–Crippen LogP) is 2.30. The Hall–Kier alpha value is -2.11. The fraction of sp³-hybridized carbons (Fsp3) is 0.500. The van der Waals surface area contributed by atoms with Crippen LogP contribution in [0.15, 0.2) is 21.1 Å². The molecular weight excluding hydrogens is 258 g/mol. The average Bonchev–Trinajstić information content (AvgIpc) is 3.07. The van der Waals surface area contributed by atoms with Crippen molar-refractivity contribution in [1.29, 1.82) is 0 Å². The fourth-order valence-corrected chi connectivity index (χ4v) is 2.56. The summed E-state index contributed by atoms with van der Waals surface area (Å²) in [5, 5.41) is 3.96. The molecular formula is C14H17N3O3. The highest BCUT2D eigenvalue weighted by molar-refractivity contribution is 5.91. The summed E-state index contributed by atoms with van der Waals surface area (Å²) < 4.78 is 10.4.